The minimum absolute atomic E-state index is 0.0116. The summed E-state index contributed by atoms with van der Waals surface area (Å²) in [5, 5.41) is 0.0116. The largest absolute Gasteiger partial charge is 0.573 e. The van der Waals surface area contributed by atoms with Crippen LogP contribution in [0.3, 0.4) is 0 Å². The third-order valence-corrected chi connectivity index (χ3v) is 2.64. The first-order chi connectivity index (χ1) is 9.32. The lowest BCUT2D eigenvalue weighted by Crippen LogP contribution is -2.19. The molecule has 9 heteroatoms. The van der Waals surface area contributed by atoms with E-state index >= 15 is 0 Å². The van der Waals surface area contributed by atoms with Gasteiger partial charge in [0, 0.05) is 11.4 Å². The second kappa shape index (κ2) is 6.78. The number of hydrogen-bond acceptors (Lipinski definition) is 5. The zero-order chi connectivity index (χ0) is 15.3. The fraction of sp³-hybridized carbons (Fsp3) is 0.455. The molecule has 0 saturated heterocycles. The van der Waals surface area contributed by atoms with Gasteiger partial charge in [0.1, 0.15) is 5.75 Å². The third kappa shape index (κ3) is 4.26. The smallest absolute Gasteiger partial charge is 0.481 e. The Morgan fingerprint density at radius 2 is 2.10 bits per heavy atom. The molecule has 0 aromatic carbocycles. The van der Waals surface area contributed by atoms with Gasteiger partial charge >= 0.3 is 12.3 Å². The first kappa shape index (κ1) is 16.5. The highest BCUT2D eigenvalue weighted by atomic mass is 79.9. The van der Waals surface area contributed by atoms with Gasteiger partial charge in [0.25, 0.3) is 0 Å². The van der Waals surface area contributed by atoms with E-state index in [-0.39, 0.29) is 29.1 Å². The van der Waals surface area contributed by atoms with Gasteiger partial charge in [-0.15, -0.1) is 13.2 Å². The van der Waals surface area contributed by atoms with Gasteiger partial charge < -0.3 is 14.2 Å². The van der Waals surface area contributed by atoms with Crippen LogP contribution in [-0.2, 0) is 10.1 Å². The molecule has 0 saturated carbocycles. The molecule has 0 aliphatic rings. The first-order valence-electron chi connectivity index (χ1n) is 5.39. The van der Waals surface area contributed by atoms with E-state index < -0.39 is 18.1 Å². The molecule has 1 aromatic rings. The van der Waals surface area contributed by atoms with E-state index in [0.717, 1.165) is 6.07 Å². The summed E-state index contributed by atoms with van der Waals surface area (Å²) < 4.78 is 50.5. The number of ether oxygens (including phenoxy) is 3. The lowest BCUT2D eigenvalue weighted by atomic mass is 10.2. The third-order valence-electron chi connectivity index (χ3n) is 2.08. The van der Waals surface area contributed by atoms with E-state index in [4.69, 9.17) is 4.74 Å². The predicted molar refractivity (Wildman–Crippen MR) is 66.1 cm³/mol. The van der Waals surface area contributed by atoms with Crippen LogP contribution in [-0.4, -0.2) is 31.0 Å². The number of alkyl halides is 4. The van der Waals surface area contributed by atoms with Crippen molar-refractivity contribution < 1.29 is 32.2 Å². The lowest BCUT2D eigenvalue weighted by molar-refractivity contribution is -0.274. The standard InChI is InChI=1S/C11H11BrF3NO4/c1-3-19-10(17)7-4-8(20-11(13,14)15)6(5-12)9(16-7)18-2/h4H,3,5H2,1-2H3. The van der Waals surface area contributed by atoms with Gasteiger partial charge in [-0.1, -0.05) is 15.9 Å². The zero-order valence-electron chi connectivity index (χ0n) is 10.6. The summed E-state index contributed by atoms with van der Waals surface area (Å²) in [5.74, 6) is -1.57. The fourth-order valence-electron chi connectivity index (χ4n) is 1.34. The molecule has 1 rings (SSSR count). The minimum Gasteiger partial charge on any atom is -0.481 e. The quantitative estimate of drug-likeness (QED) is 0.598. The van der Waals surface area contributed by atoms with Crippen molar-refractivity contribution in [3.63, 3.8) is 0 Å². The Morgan fingerprint density at radius 3 is 2.55 bits per heavy atom. The Bertz CT molecular complexity index is 493. The predicted octanol–water partition coefficient (Wildman–Crippen LogP) is 3.06. The summed E-state index contributed by atoms with van der Waals surface area (Å²) in [5.41, 5.74) is -0.287. The summed E-state index contributed by atoms with van der Waals surface area (Å²) in [6.07, 6.45) is -4.89. The summed E-state index contributed by atoms with van der Waals surface area (Å²) in [4.78, 5) is 15.3. The molecule has 0 atom stereocenters. The van der Waals surface area contributed by atoms with Crippen LogP contribution in [0.15, 0.2) is 6.07 Å². The monoisotopic (exact) mass is 357 g/mol. The molecule has 0 radical (unpaired) electrons. The summed E-state index contributed by atoms with van der Waals surface area (Å²) >= 11 is 3.02. The minimum atomic E-state index is -4.89. The summed E-state index contributed by atoms with van der Waals surface area (Å²) in [7, 11) is 1.22. The number of esters is 1. The van der Waals surface area contributed by atoms with Crippen LogP contribution in [0.25, 0.3) is 0 Å². The van der Waals surface area contributed by atoms with E-state index in [0.29, 0.717) is 0 Å². The van der Waals surface area contributed by atoms with E-state index in [1.54, 1.807) is 6.92 Å². The van der Waals surface area contributed by atoms with E-state index in [9.17, 15) is 18.0 Å². The molecule has 5 nitrogen and oxygen atoms in total. The highest BCUT2D eigenvalue weighted by molar-refractivity contribution is 9.08. The van der Waals surface area contributed by atoms with Gasteiger partial charge in [-0.2, -0.15) is 0 Å². The molecule has 0 aliphatic heterocycles. The van der Waals surface area contributed by atoms with Crippen molar-refractivity contribution in [2.45, 2.75) is 18.6 Å². The molecule has 0 N–H and O–H groups in total. The van der Waals surface area contributed by atoms with Gasteiger partial charge in [0.15, 0.2) is 5.69 Å². The van der Waals surface area contributed by atoms with Crippen LogP contribution in [0.4, 0.5) is 13.2 Å². The van der Waals surface area contributed by atoms with E-state index in [1.165, 1.54) is 7.11 Å². The van der Waals surface area contributed by atoms with Crippen LogP contribution in [0.2, 0.25) is 0 Å². The first-order valence-corrected chi connectivity index (χ1v) is 6.51. The number of pyridine rings is 1. The normalized spacial score (nSPS) is 11.1. The molecule has 112 valence electrons. The van der Waals surface area contributed by atoms with E-state index in [1.807, 2.05) is 0 Å². The maximum Gasteiger partial charge on any atom is 0.573 e. The Kier molecular flexibility index (Phi) is 5.61. The second-order valence-electron chi connectivity index (χ2n) is 3.40. The molecule has 1 aromatic heterocycles. The highest BCUT2D eigenvalue weighted by Gasteiger charge is 2.33. The molecule has 0 unspecified atom stereocenters. The number of nitrogens with zero attached hydrogens (tertiary/aromatic N) is 1. The number of rotatable bonds is 5. The maximum atomic E-state index is 12.4. The van der Waals surface area contributed by atoms with Crippen molar-refractivity contribution in [3.05, 3.63) is 17.3 Å². The average molecular weight is 358 g/mol. The SMILES string of the molecule is CCOC(=O)c1cc(OC(F)(F)F)c(CBr)c(OC)n1. The summed E-state index contributed by atoms with van der Waals surface area (Å²) in [6, 6.07) is 0.866. The number of carbonyl (C=O) groups excluding carboxylic acids is 1. The van der Waals surface area contributed by atoms with Gasteiger partial charge in [-0.3, -0.25) is 0 Å². The van der Waals surface area contributed by atoms with Crippen molar-refractivity contribution in [3.8, 4) is 11.6 Å². The van der Waals surface area contributed by atoms with E-state index in [2.05, 4.69) is 30.4 Å². The van der Waals surface area contributed by atoms with Crippen molar-refractivity contribution in [1.29, 1.82) is 0 Å². The number of halogens is 4. The van der Waals surface area contributed by atoms with Crippen LogP contribution in [0.1, 0.15) is 23.0 Å². The molecule has 0 aliphatic carbocycles. The molecule has 0 fully saturated rings. The van der Waals surface area contributed by atoms with Crippen molar-refractivity contribution in [1.82, 2.24) is 4.98 Å². The topological polar surface area (TPSA) is 57.7 Å². The maximum absolute atomic E-state index is 12.4. The van der Waals surface area contributed by atoms with Crippen molar-refractivity contribution in [2.75, 3.05) is 13.7 Å². The molecular weight excluding hydrogens is 347 g/mol. The Labute approximate surface area is 121 Å². The van der Waals surface area contributed by atoms with Crippen molar-refractivity contribution >= 4 is 21.9 Å². The zero-order valence-corrected chi connectivity index (χ0v) is 12.2. The van der Waals surface area contributed by atoms with Gasteiger partial charge in [0.2, 0.25) is 5.88 Å². The molecule has 0 spiro atoms. The molecule has 20 heavy (non-hydrogen) atoms. The summed E-state index contributed by atoms with van der Waals surface area (Å²) in [6.45, 7) is 1.63. The van der Waals surface area contributed by atoms with Gasteiger partial charge in [0.05, 0.1) is 19.3 Å². The van der Waals surface area contributed by atoms with Crippen molar-refractivity contribution in [2.24, 2.45) is 0 Å². The number of aromatic nitrogens is 1. The Morgan fingerprint density at radius 1 is 1.45 bits per heavy atom. The van der Waals surface area contributed by atoms with Crippen LogP contribution >= 0.6 is 15.9 Å². The second-order valence-corrected chi connectivity index (χ2v) is 3.96. The van der Waals surface area contributed by atoms with Crippen LogP contribution < -0.4 is 9.47 Å². The van der Waals surface area contributed by atoms with Gasteiger partial charge in [-0.05, 0) is 6.92 Å². The highest BCUT2D eigenvalue weighted by Crippen LogP contribution is 2.33. The number of hydrogen-bond donors (Lipinski definition) is 0. The Balaban J connectivity index is 3.30. The van der Waals surface area contributed by atoms with Crippen LogP contribution in [0.5, 0.6) is 11.6 Å². The number of methoxy groups -OCH3 is 1. The lowest BCUT2D eigenvalue weighted by Gasteiger charge is -2.15. The molecule has 0 bridgehead atoms. The Hall–Kier alpha value is -1.51. The fourth-order valence-corrected chi connectivity index (χ4v) is 1.86. The molecular formula is C11H11BrF3NO4. The number of carbonyl (C=O) groups is 1. The van der Waals surface area contributed by atoms with Crippen LogP contribution in [0, 0.1) is 0 Å². The van der Waals surface area contributed by atoms with Gasteiger partial charge in [-0.25, -0.2) is 9.78 Å². The molecule has 0 amide bonds. The average Bonchev–Trinajstić information content (AvgIpc) is 2.36. The molecule has 1 heterocycles.